The van der Waals surface area contributed by atoms with E-state index in [0.717, 1.165) is 32.5 Å². The van der Waals surface area contributed by atoms with Gasteiger partial charge in [-0.15, -0.1) is 11.3 Å². The van der Waals surface area contributed by atoms with E-state index in [0.29, 0.717) is 5.92 Å². The van der Waals surface area contributed by atoms with E-state index in [2.05, 4.69) is 6.07 Å². The fourth-order valence-electron chi connectivity index (χ4n) is 3.27. The van der Waals surface area contributed by atoms with Gasteiger partial charge in [0.1, 0.15) is 0 Å². The highest BCUT2D eigenvalue weighted by molar-refractivity contribution is 7.12. The van der Waals surface area contributed by atoms with E-state index < -0.39 is 0 Å². The second-order valence-electron chi connectivity index (χ2n) is 5.97. The maximum absolute atomic E-state index is 10.5. The lowest BCUT2D eigenvalue weighted by molar-refractivity contribution is 0.0442. The van der Waals surface area contributed by atoms with Crippen LogP contribution in [0.15, 0.2) is 6.07 Å². The number of fused-ring (bicyclic) bond motifs is 1. The predicted molar refractivity (Wildman–Crippen MR) is 78.7 cm³/mol. The Morgan fingerprint density at radius 3 is 2.84 bits per heavy atom. The molecule has 0 bridgehead atoms. The van der Waals surface area contributed by atoms with Crippen LogP contribution in [-0.4, -0.2) is 18.3 Å². The van der Waals surface area contributed by atoms with E-state index in [9.17, 15) is 5.11 Å². The molecule has 3 heteroatoms. The van der Waals surface area contributed by atoms with Gasteiger partial charge in [-0.1, -0.05) is 6.42 Å². The standard InChI is InChI=1S/C16H24O2S/c17-14(10-12-6-8-18-9-7-12)16-11-13-4-2-1-3-5-15(13)19-16/h11-12,14,17H,1-10H2. The fraction of sp³-hybridized carbons (Fsp3) is 0.750. The molecule has 1 unspecified atom stereocenters. The molecule has 2 heterocycles. The topological polar surface area (TPSA) is 29.5 Å². The van der Waals surface area contributed by atoms with Crippen LogP contribution < -0.4 is 0 Å². The van der Waals surface area contributed by atoms with Crippen LogP contribution in [0.4, 0.5) is 0 Å². The highest BCUT2D eigenvalue weighted by Gasteiger charge is 2.21. The van der Waals surface area contributed by atoms with Crippen molar-refractivity contribution in [3.63, 3.8) is 0 Å². The molecular weight excluding hydrogens is 256 g/mol. The third-order valence-corrected chi connectivity index (χ3v) is 5.83. The number of aliphatic hydroxyl groups excluding tert-OH is 1. The van der Waals surface area contributed by atoms with Gasteiger partial charge in [0.2, 0.25) is 0 Å². The molecule has 1 N–H and O–H groups in total. The Kier molecular flexibility index (Phi) is 4.57. The lowest BCUT2D eigenvalue weighted by Crippen LogP contribution is -2.17. The van der Waals surface area contributed by atoms with Gasteiger partial charge in [0.05, 0.1) is 6.10 Å². The normalized spacial score (nSPS) is 22.8. The fourth-order valence-corrected chi connectivity index (χ4v) is 4.53. The monoisotopic (exact) mass is 280 g/mol. The first kappa shape index (κ1) is 13.6. The van der Waals surface area contributed by atoms with E-state index in [4.69, 9.17) is 4.74 Å². The largest absolute Gasteiger partial charge is 0.388 e. The first-order chi connectivity index (χ1) is 9.33. The van der Waals surface area contributed by atoms with Gasteiger partial charge in [0, 0.05) is 23.0 Å². The second-order valence-corrected chi connectivity index (χ2v) is 7.13. The van der Waals surface area contributed by atoms with E-state index in [1.54, 1.807) is 4.88 Å². The summed E-state index contributed by atoms with van der Waals surface area (Å²) in [6.07, 6.45) is 9.34. The molecule has 1 atom stereocenters. The van der Waals surface area contributed by atoms with E-state index in [1.807, 2.05) is 11.3 Å². The number of ether oxygens (including phenoxy) is 1. The zero-order chi connectivity index (χ0) is 13.1. The Bertz CT molecular complexity index is 383. The van der Waals surface area contributed by atoms with Gasteiger partial charge in [-0.3, -0.25) is 0 Å². The van der Waals surface area contributed by atoms with Crippen molar-refractivity contribution in [2.45, 2.75) is 57.5 Å². The summed E-state index contributed by atoms with van der Waals surface area (Å²) in [5, 5.41) is 10.5. The lowest BCUT2D eigenvalue weighted by atomic mass is 9.93. The van der Waals surface area contributed by atoms with Crippen molar-refractivity contribution in [3.05, 3.63) is 21.4 Å². The summed E-state index contributed by atoms with van der Waals surface area (Å²) < 4.78 is 5.39. The minimum absolute atomic E-state index is 0.250. The summed E-state index contributed by atoms with van der Waals surface area (Å²) in [6.45, 7) is 1.75. The van der Waals surface area contributed by atoms with Gasteiger partial charge in [-0.25, -0.2) is 0 Å². The third-order valence-electron chi connectivity index (χ3n) is 4.49. The molecule has 2 nitrogen and oxygen atoms in total. The van der Waals surface area contributed by atoms with E-state index in [1.165, 1.54) is 42.5 Å². The molecule has 1 saturated heterocycles. The van der Waals surface area contributed by atoms with Crippen LogP contribution in [0.3, 0.4) is 0 Å². The summed E-state index contributed by atoms with van der Waals surface area (Å²) in [7, 11) is 0. The van der Waals surface area contributed by atoms with Gasteiger partial charge in [-0.05, 0) is 62.5 Å². The molecule has 2 aliphatic rings. The van der Waals surface area contributed by atoms with Gasteiger partial charge in [0.25, 0.3) is 0 Å². The van der Waals surface area contributed by atoms with Crippen LogP contribution in [-0.2, 0) is 17.6 Å². The number of thiophene rings is 1. The number of aliphatic hydroxyl groups is 1. The Labute approximate surface area is 119 Å². The Morgan fingerprint density at radius 1 is 1.21 bits per heavy atom. The summed E-state index contributed by atoms with van der Waals surface area (Å²) in [5.74, 6) is 0.644. The molecule has 0 spiro atoms. The molecule has 0 aromatic carbocycles. The van der Waals surface area contributed by atoms with Crippen LogP contribution >= 0.6 is 11.3 Å². The quantitative estimate of drug-likeness (QED) is 0.852. The molecule has 0 saturated carbocycles. The average molecular weight is 280 g/mol. The zero-order valence-electron chi connectivity index (χ0n) is 11.6. The maximum Gasteiger partial charge on any atom is 0.0884 e. The van der Waals surface area contributed by atoms with Crippen molar-refractivity contribution in [3.8, 4) is 0 Å². The molecule has 106 valence electrons. The summed E-state index contributed by atoms with van der Waals surface area (Å²) in [6, 6.07) is 2.29. The number of rotatable bonds is 3. The molecule has 1 aromatic rings. The molecule has 0 amide bonds. The van der Waals surface area contributed by atoms with Crippen molar-refractivity contribution < 1.29 is 9.84 Å². The van der Waals surface area contributed by atoms with Crippen LogP contribution in [0.2, 0.25) is 0 Å². The Morgan fingerprint density at radius 2 is 2.00 bits per heavy atom. The van der Waals surface area contributed by atoms with Crippen LogP contribution in [0.25, 0.3) is 0 Å². The smallest absolute Gasteiger partial charge is 0.0884 e. The van der Waals surface area contributed by atoms with Crippen molar-refractivity contribution >= 4 is 11.3 Å². The first-order valence-corrected chi connectivity index (χ1v) is 8.52. The molecule has 3 rings (SSSR count). The van der Waals surface area contributed by atoms with Crippen LogP contribution in [0.1, 0.15) is 59.9 Å². The number of hydrogen-bond acceptors (Lipinski definition) is 3. The number of hydrogen-bond donors (Lipinski definition) is 1. The summed E-state index contributed by atoms with van der Waals surface area (Å²) >= 11 is 1.86. The maximum atomic E-state index is 10.5. The second kappa shape index (κ2) is 6.38. The highest BCUT2D eigenvalue weighted by Crippen LogP contribution is 2.35. The summed E-state index contributed by atoms with van der Waals surface area (Å²) in [5.41, 5.74) is 1.52. The number of aryl methyl sites for hydroxylation is 2. The van der Waals surface area contributed by atoms with Crippen LogP contribution in [0.5, 0.6) is 0 Å². The van der Waals surface area contributed by atoms with Crippen molar-refractivity contribution in [2.24, 2.45) is 5.92 Å². The molecule has 1 aliphatic carbocycles. The third kappa shape index (κ3) is 3.39. The molecule has 0 radical (unpaired) electrons. The molecule has 1 fully saturated rings. The first-order valence-electron chi connectivity index (χ1n) is 7.70. The predicted octanol–water partition coefficient (Wildman–Crippen LogP) is 3.87. The van der Waals surface area contributed by atoms with Crippen molar-refractivity contribution in [2.75, 3.05) is 13.2 Å². The molecular formula is C16H24O2S. The molecule has 1 aromatic heterocycles. The Hall–Kier alpha value is -0.380. The highest BCUT2D eigenvalue weighted by atomic mass is 32.1. The van der Waals surface area contributed by atoms with Gasteiger partial charge in [0.15, 0.2) is 0 Å². The van der Waals surface area contributed by atoms with Crippen molar-refractivity contribution in [1.29, 1.82) is 0 Å². The Balaban J connectivity index is 1.64. The zero-order valence-corrected chi connectivity index (χ0v) is 12.4. The SMILES string of the molecule is OC(CC1CCOCC1)c1cc2c(s1)CCCCC2. The summed E-state index contributed by atoms with van der Waals surface area (Å²) in [4.78, 5) is 2.75. The minimum Gasteiger partial charge on any atom is -0.388 e. The minimum atomic E-state index is -0.250. The van der Waals surface area contributed by atoms with E-state index >= 15 is 0 Å². The van der Waals surface area contributed by atoms with Gasteiger partial charge < -0.3 is 9.84 Å². The lowest BCUT2D eigenvalue weighted by Gasteiger charge is -2.23. The molecule has 1 aliphatic heterocycles. The van der Waals surface area contributed by atoms with Crippen LogP contribution in [0, 0.1) is 5.92 Å². The average Bonchev–Trinajstić information content (AvgIpc) is 2.72. The van der Waals surface area contributed by atoms with E-state index in [-0.39, 0.29) is 6.10 Å². The van der Waals surface area contributed by atoms with Gasteiger partial charge in [-0.2, -0.15) is 0 Å². The molecule has 19 heavy (non-hydrogen) atoms. The van der Waals surface area contributed by atoms with Gasteiger partial charge >= 0.3 is 0 Å². The van der Waals surface area contributed by atoms with Crippen molar-refractivity contribution in [1.82, 2.24) is 0 Å².